The predicted octanol–water partition coefficient (Wildman–Crippen LogP) is 2.56. The Morgan fingerprint density at radius 2 is 1.78 bits per heavy atom. The van der Waals surface area contributed by atoms with E-state index in [4.69, 9.17) is 0 Å². The Balaban J connectivity index is 2.40. The van der Waals surface area contributed by atoms with Gasteiger partial charge in [-0.05, 0) is 39.4 Å². The average Bonchev–Trinajstić information content (AvgIpc) is 2.39. The zero-order valence-electron chi connectivity index (χ0n) is 13.6. The Bertz CT molecular complexity index is 688. The molecule has 1 heterocycles. The van der Waals surface area contributed by atoms with Crippen molar-refractivity contribution in [3.63, 3.8) is 0 Å². The van der Waals surface area contributed by atoms with Gasteiger partial charge in [0, 0.05) is 19.1 Å². The van der Waals surface area contributed by atoms with Crippen LogP contribution in [0.2, 0.25) is 0 Å². The van der Waals surface area contributed by atoms with Crippen LogP contribution in [-0.2, 0) is 10.0 Å². The van der Waals surface area contributed by atoms with Crippen molar-refractivity contribution in [3.8, 4) is 0 Å². The Morgan fingerprint density at radius 1 is 1.17 bits per heavy atom. The molecular formula is C15H21F3N2O2S. The normalized spacial score (nSPS) is 24.8. The molecule has 0 spiro atoms. The lowest BCUT2D eigenvalue weighted by Gasteiger charge is -2.43. The van der Waals surface area contributed by atoms with E-state index in [9.17, 15) is 21.6 Å². The van der Waals surface area contributed by atoms with E-state index in [-0.39, 0.29) is 11.4 Å². The predicted molar refractivity (Wildman–Crippen MR) is 81.7 cm³/mol. The van der Waals surface area contributed by atoms with Gasteiger partial charge in [-0.2, -0.15) is 17.5 Å². The fourth-order valence-electron chi connectivity index (χ4n) is 2.89. The summed E-state index contributed by atoms with van der Waals surface area (Å²) in [6.45, 7) is 4.54. The maximum Gasteiger partial charge on any atom is 0.405 e. The summed E-state index contributed by atoms with van der Waals surface area (Å²) in [5.74, 6) is 0. The molecule has 0 aliphatic carbocycles. The third-order valence-corrected chi connectivity index (χ3v) is 6.35. The summed E-state index contributed by atoms with van der Waals surface area (Å²) in [5, 5.41) is 0. The highest BCUT2D eigenvalue weighted by Gasteiger charge is 2.49. The smallest absolute Gasteiger partial charge is 0.290 e. The van der Waals surface area contributed by atoms with Gasteiger partial charge in [-0.3, -0.25) is 4.90 Å². The summed E-state index contributed by atoms with van der Waals surface area (Å²) in [6.07, 6.45) is -4.47. The van der Waals surface area contributed by atoms with E-state index in [0.29, 0.717) is 5.56 Å². The summed E-state index contributed by atoms with van der Waals surface area (Å²) in [6, 6.07) is 2.52. The van der Waals surface area contributed by atoms with E-state index in [1.807, 2.05) is 6.92 Å². The summed E-state index contributed by atoms with van der Waals surface area (Å²) in [5.41, 5.74) is 1.45. The van der Waals surface area contributed by atoms with Gasteiger partial charge in [0.1, 0.15) is 6.04 Å². The van der Waals surface area contributed by atoms with Gasteiger partial charge in [-0.15, -0.1) is 0 Å². The second-order valence-electron chi connectivity index (χ2n) is 6.16. The zero-order valence-corrected chi connectivity index (χ0v) is 14.4. The molecule has 130 valence electrons. The van der Waals surface area contributed by atoms with Crippen molar-refractivity contribution in [2.24, 2.45) is 0 Å². The highest BCUT2D eigenvalue weighted by molar-refractivity contribution is 7.89. The van der Waals surface area contributed by atoms with E-state index in [2.05, 4.69) is 0 Å². The lowest BCUT2D eigenvalue weighted by Crippen LogP contribution is -2.62. The van der Waals surface area contributed by atoms with Crippen LogP contribution in [0.15, 0.2) is 23.1 Å². The molecule has 0 aromatic heterocycles. The molecule has 0 saturated carbocycles. The van der Waals surface area contributed by atoms with E-state index in [1.165, 1.54) is 18.0 Å². The van der Waals surface area contributed by atoms with E-state index in [0.717, 1.165) is 9.87 Å². The molecule has 1 saturated heterocycles. The van der Waals surface area contributed by atoms with Crippen LogP contribution in [0, 0.1) is 13.8 Å². The van der Waals surface area contributed by atoms with Gasteiger partial charge in [-0.25, -0.2) is 8.42 Å². The first-order chi connectivity index (χ1) is 10.4. The quantitative estimate of drug-likeness (QED) is 0.823. The Hall–Kier alpha value is -1.12. The van der Waals surface area contributed by atoms with Crippen LogP contribution < -0.4 is 0 Å². The van der Waals surface area contributed by atoms with E-state index in [1.54, 1.807) is 26.0 Å². The molecule has 2 unspecified atom stereocenters. The third kappa shape index (κ3) is 3.54. The van der Waals surface area contributed by atoms with Gasteiger partial charge in [-0.1, -0.05) is 17.7 Å². The molecule has 0 N–H and O–H groups in total. The van der Waals surface area contributed by atoms with Crippen molar-refractivity contribution in [2.45, 2.75) is 43.9 Å². The first-order valence-corrected chi connectivity index (χ1v) is 8.74. The maximum atomic E-state index is 13.2. The number of hydrogen-bond donors (Lipinski definition) is 0. The number of hydrogen-bond acceptors (Lipinski definition) is 3. The van der Waals surface area contributed by atoms with Crippen molar-refractivity contribution >= 4 is 10.0 Å². The van der Waals surface area contributed by atoms with Crippen LogP contribution >= 0.6 is 0 Å². The SMILES string of the molecule is Cc1ccc(S(=O)(=O)N2CC(C)N(C)C(C(F)(F)F)C2)c(C)c1. The van der Waals surface area contributed by atoms with Gasteiger partial charge in [0.05, 0.1) is 4.90 Å². The molecular weight excluding hydrogens is 329 g/mol. The molecule has 0 bridgehead atoms. The van der Waals surface area contributed by atoms with Crippen LogP contribution in [0.4, 0.5) is 13.2 Å². The lowest BCUT2D eigenvalue weighted by molar-refractivity contribution is -0.194. The zero-order chi connectivity index (χ0) is 17.6. The molecule has 2 atom stereocenters. The lowest BCUT2D eigenvalue weighted by atomic mass is 10.1. The number of aryl methyl sites for hydroxylation is 2. The van der Waals surface area contributed by atoms with E-state index >= 15 is 0 Å². The molecule has 1 aliphatic rings. The molecule has 23 heavy (non-hydrogen) atoms. The monoisotopic (exact) mass is 350 g/mol. The maximum absolute atomic E-state index is 13.2. The Morgan fingerprint density at radius 3 is 2.30 bits per heavy atom. The summed E-state index contributed by atoms with van der Waals surface area (Å²) >= 11 is 0. The number of rotatable bonds is 2. The van der Waals surface area contributed by atoms with Crippen LogP contribution in [0.1, 0.15) is 18.1 Å². The van der Waals surface area contributed by atoms with Gasteiger partial charge < -0.3 is 0 Å². The first kappa shape index (κ1) is 18.2. The standard InChI is InChI=1S/C15H21F3N2O2S/c1-10-5-6-13(11(2)7-10)23(21,22)20-8-12(3)19(4)14(9-20)15(16,17)18/h5-7,12,14H,8-9H2,1-4H3. The van der Waals surface area contributed by atoms with Crippen molar-refractivity contribution in [2.75, 3.05) is 20.1 Å². The van der Waals surface area contributed by atoms with Gasteiger partial charge >= 0.3 is 6.18 Å². The first-order valence-electron chi connectivity index (χ1n) is 7.30. The van der Waals surface area contributed by atoms with Crippen LogP contribution in [0.5, 0.6) is 0 Å². The molecule has 0 radical (unpaired) electrons. The third-order valence-electron chi connectivity index (χ3n) is 4.36. The molecule has 1 aromatic carbocycles. The molecule has 0 amide bonds. The molecule has 2 rings (SSSR count). The number of sulfonamides is 1. The van der Waals surface area contributed by atoms with Crippen LogP contribution in [0.3, 0.4) is 0 Å². The second-order valence-corrected chi connectivity index (χ2v) is 8.07. The number of nitrogens with zero attached hydrogens (tertiary/aromatic N) is 2. The highest BCUT2D eigenvalue weighted by atomic mass is 32.2. The van der Waals surface area contributed by atoms with Gasteiger partial charge in [0.2, 0.25) is 10.0 Å². The Kier molecular flexibility index (Phi) is 4.81. The van der Waals surface area contributed by atoms with Crippen LogP contribution in [0.25, 0.3) is 0 Å². The molecule has 1 aromatic rings. The largest absolute Gasteiger partial charge is 0.405 e. The number of alkyl halides is 3. The minimum atomic E-state index is -4.47. The number of piperazine rings is 1. The number of halogens is 3. The van der Waals surface area contributed by atoms with Gasteiger partial charge in [0.25, 0.3) is 0 Å². The van der Waals surface area contributed by atoms with Crippen molar-refractivity contribution in [1.82, 2.24) is 9.21 Å². The number of likely N-dealkylation sites (N-methyl/N-ethyl adjacent to an activating group) is 1. The summed E-state index contributed by atoms with van der Waals surface area (Å²) in [7, 11) is -2.57. The second kappa shape index (κ2) is 6.07. The number of benzene rings is 1. The summed E-state index contributed by atoms with van der Waals surface area (Å²) in [4.78, 5) is 1.26. The van der Waals surface area contributed by atoms with Crippen molar-refractivity contribution in [1.29, 1.82) is 0 Å². The molecule has 4 nitrogen and oxygen atoms in total. The highest BCUT2D eigenvalue weighted by Crippen LogP contribution is 2.32. The fourth-order valence-corrected chi connectivity index (χ4v) is 4.62. The minimum absolute atomic E-state index is 0.0404. The van der Waals surface area contributed by atoms with Crippen molar-refractivity contribution < 1.29 is 21.6 Å². The van der Waals surface area contributed by atoms with Crippen LogP contribution in [-0.4, -0.2) is 56.0 Å². The molecule has 8 heteroatoms. The summed E-state index contributed by atoms with van der Waals surface area (Å²) < 4.78 is 66.1. The van der Waals surface area contributed by atoms with Gasteiger partial charge in [0.15, 0.2) is 0 Å². The molecule has 1 aliphatic heterocycles. The minimum Gasteiger partial charge on any atom is -0.290 e. The topological polar surface area (TPSA) is 40.6 Å². The Labute approximate surface area is 134 Å². The fraction of sp³-hybridized carbons (Fsp3) is 0.600. The molecule has 1 fully saturated rings. The van der Waals surface area contributed by atoms with Crippen molar-refractivity contribution in [3.05, 3.63) is 29.3 Å². The van der Waals surface area contributed by atoms with E-state index < -0.39 is 34.8 Å². The average molecular weight is 350 g/mol.